The number of nitrogens with two attached hydrogens (primary N) is 1. The molecular weight excluding hydrogens is 252 g/mol. The highest BCUT2D eigenvalue weighted by molar-refractivity contribution is 5.70. The average Bonchev–Trinajstić information content (AvgIpc) is 2.51. The van der Waals surface area contributed by atoms with Crippen LogP contribution in [0.15, 0.2) is 42.6 Å². The van der Waals surface area contributed by atoms with Crippen LogP contribution in [0.4, 0.5) is 22.9 Å². The number of anilines is 4. The molecule has 1 aromatic carbocycles. The van der Waals surface area contributed by atoms with Crippen molar-refractivity contribution < 1.29 is 4.74 Å². The second-order valence-corrected chi connectivity index (χ2v) is 4.71. The molecule has 20 heavy (non-hydrogen) atoms. The van der Waals surface area contributed by atoms with Crippen molar-refractivity contribution in [3.63, 3.8) is 0 Å². The molecule has 0 amide bonds. The molecule has 0 unspecified atom stereocenters. The number of morpholine rings is 1. The monoisotopic (exact) mass is 270 g/mol. The van der Waals surface area contributed by atoms with E-state index in [0.717, 1.165) is 37.7 Å². The fraction of sp³-hybridized carbons (Fsp3) is 0.267. The van der Waals surface area contributed by atoms with E-state index >= 15 is 0 Å². The molecule has 0 aliphatic carbocycles. The van der Waals surface area contributed by atoms with Gasteiger partial charge in [0.1, 0.15) is 5.82 Å². The van der Waals surface area contributed by atoms with Crippen LogP contribution >= 0.6 is 0 Å². The van der Waals surface area contributed by atoms with E-state index in [1.807, 2.05) is 12.1 Å². The van der Waals surface area contributed by atoms with Crippen LogP contribution in [0.2, 0.25) is 0 Å². The zero-order valence-electron chi connectivity index (χ0n) is 11.2. The molecule has 2 aromatic rings. The largest absolute Gasteiger partial charge is 0.382 e. The molecule has 5 heteroatoms. The fourth-order valence-corrected chi connectivity index (χ4v) is 2.26. The number of nitrogen functional groups attached to an aromatic ring is 1. The lowest BCUT2D eigenvalue weighted by Gasteiger charge is -2.28. The molecule has 0 atom stereocenters. The first-order valence-electron chi connectivity index (χ1n) is 6.73. The first-order valence-corrected chi connectivity index (χ1v) is 6.73. The number of rotatable bonds is 3. The fourth-order valence-electron chi connectivity index (χ4n) is 2.26. The maximum Gasteiger partial charge on any atom is 0.147 e. The Balaban J connectivity index is 1.71. The van der Waals surface area contributed by atoms with Crippen LogP contribution in [0.3, 0.4) is 0 Å². The van der Waals surface area contributed by atoms with Gasteiger partial charge < -0.3 is 20.7 Å². The molecule has 3 rings (SSSR count). The molecule has 1 saturated heterocycles. The zero-order chi connectivity index (χ0) is 13.8. The molecule has 104 valence electrons. The molecule has 0 radical (unpaired) electrons. The van der Waals surface area contributed by atoms with Gasteiger partial charge in [-0.15, -0.1) is 0 Å². The summed E-state index contributed by atoms with van der Waals surface area (Å²) in [6.07, 6.45) is 1.68. The van der Waals surface area contributed by atoms with Crippen molar-refractivity contribution in [3.8, 4) is 0 Å². The summed E-state index contributed by atoms with van der Waals surface area (Å²) in [7, 11) is 0. The van der Waals surface area contributed by atoms with Crippen molar-refractivity contribution in [2.75, 3.05) is 42.3 Å². The molecule has 1 aliphatic rings. The maximum atomic E-state index is 5.82. The van der Waals surface area contributed by atoms with Gasteiger partial charge in [0.15, 0.2) is 0 Å². The lowest BCUT2D eigenvalue weighted by atomic mass is 10.2. The normalized spacial score (nSPS) is 15.1. The number of ether oxygens (including phenoxy) is 1. The van der Waals surface area contributed by atoms with Gasteiger partial charge in [-0.05, 0) is 36.4 Å². The van der Waals surface area contributed by atoms with E-state index in [2.05, 4.69) is 39.5 Å². The molecule has 1 aromatic heterocycles. The molecule has 0 spiro atoms. The van der Waals surface area contributed by atoms with Crippen LogP contribution in [-0.4, -0.2) is 31.3 Å². The van der Waals surface area contributed by atoms with E-state index in [1.165, 1.54) is 5.69 Å². The van der Waals surface area contributed by atoms with Crippen LogP contribution in [-0.2, 0) is 4.74 Å². The minimum atomic E-state index is 0.504. The Hall–Kier alpha value is -2.27. The standard InChI is InChI=1S/C15H18N4O/c16-15-14(2-1-7-17-15)18-12-3-5-13(6-4-12)19-8-10-20-11-9-19/h1-7,18H,8-11H2,(H2,16,17). The van der Waals surface area contributed by atoms with Crippen LogP contribution < -0.4 is 16.0 Å². The molecule has 5 nitrogen and oxygen atoms in total. The highest BCUT2D eigenvalue weighted by Gasteiger charge is 2.10. The summed E-state index contributed by atoms with van der Waals surface area (Å²) >= 11 is 0. The van der Waals surface area contributed by atoms with E-state index in [1.54, 1.807) is 6.20 Å². The third kappa shape index (κ3) is 2.83. The Morgan fingerprint density at radius 1 is 1.10 bits per heavy atom. The summed E-state index contributed by atoms with van der Waals surface area (Å²) in [5.41, 5.74) is 8.87. The first kappa shape index (κ1) is 12.7. The summed E-state index contributed by atoms with van der Waals surface area (Å²) in [6, 6.07) is 12.1. The van der Waals surface area contributed by atoms with Gasteiger partial charge in [0.05, 0.1) is 18.9 Å². The number of nitrogens with zero attached hydrogens (tertiary/aromatic N) is 2. The van der Waals surface area contributed by atoms with E-state index in [9.17, 15) is 0 Å². The van der Waals surface area contributed by atoms with E-state index in [-0.39, 0.29) is 0 Å². The van der Waals surface area contributed by atoms with Crippen molar-refractivity contribution in [1.82, 2.24) is 4.98 Å². The minimum absolute atomic E-state index is 0.504. The Morgan fingerprint density at radius 3 is 2.55 bits per heavy atom. The zero-order valence-corrected chi connectivity index (χ0v) is 11.2. The quantitative estimate of drug-likeness (QED) is 0.895. The number of aromatic nitrogens is 1. The summed E-state index contributed by atoms with van der Waals surface area (Å²) in [5, 5.41) is 3.27. The summed E-state index contributed by atoms with van der Waals surface area (Å²) in [4.78, 5) is 6.38. The summed E-state index contributed by atoms with van der Waals surface area (Å²) in [5.74, 6) is 0.504. The predicted octanol–water partition coefficient (Wildman–Crippen LogP) is 2.24. The first-order chi connectivity index (χ1) is 9.83. The predicted molar refractivity (Wildman–Crippen MR) is 81.4 cm³/mol. The molecule has 1 aliphatic heterocycles. The molecule has 0 bridgehead atoms. The van der Waals surface area contributed by atoms with Gasteiger partial charge in [-0.25, -0.2) is 4.98 Å². The number of pyridine rings is 1. The topological polar surface area (TPSA) is 63.4 Å². The van der Waals surface area contributed by atoms with E-state index in [4.69, 9.17) is 10.5 Å². The van der Waals surface area contributed by atoms with Gasteiger partial charge >= 0.3 is 0 Å². The minimum Gasteiger partial charge on any atom is -0.382 e. The summed E-state index contributed by atoms with van der Waals surface area (Å²) in [6.45, 7) is 3.49. The lowest BCUT2D eigenvalue weighted by molar-refractivity contribution is 0.122. The Morgan fingerprint density at radius 2 is 1.85 bits per heavy atom. The number of benzene rings is 1. The molecular formula is C15H18N4O. The van der Waals surface area contributed by atoms with Gasteiger partial charge in [0.2, 0.25) is 0 Å². The van der Waals surface area contributed by atoms with Crippen LogP contribution in [0, 0.1) is 0 Å². The van der Waals surface area contributed by atoms with Crippen molar-refractivity contribution in [2.24, 2.45) is 0 Å². The van der Waals surface area contributed by atoms with Gasteiger partial charge in [-0.2, -0.15) is 0 Å². The van der Waals surface area contributed by atoms with Gasteiger partial charge in [-0.1, -0.05) is 0 Å². The van der Waals surface area contributed by atoms with Gasteiger partial charge in [0, 0.05) is 30.7 Å². The van der Waals surface area contributed by atoms with E-state index < -0.39 is 0 Å². The highest BCUT2D eigenvalue weighted by Crippen LogP contribution is 2.23. The van der Waals surface area contributed by atoms with Crippen LogP contribution in [0.25, 0.3) is 0 Å². The maximum absolute atomic E-state index is 5.82. The summed E-state index contributed by atoms with van der Waals surface area (Å²) < 4.78 is 5.36. The van der Waals surface area contributed by atoms with Crippen LogP contribution in [0.1, 0.15) is 0 Å². The third-order valence-electron chi connectivity index (χ3n) is 3.36. The average molecular weight is 270 g/mol. The second-order valence-electron chi connectivity index (χ2n) is 4.71. The Kier molecular flexibility index (Phi) is 3.69. The number of nitrogens with one attached hydrogen (secondary N) is 1. The molecule has 1 fully saturated rings. The van der Waals surface area contributed by atoms with Crippen LogP contribution in [0.5, 0.6) is 0 Å². The van der Waals surface area contributed by atoms with Crippen molar-refractivity contribution in [3.05, 3.63) is 42.6 Å². The Labute approximate surface area is 118 Å². The number of hydrogen-bond acceptors (Lipinski definition) is 5. The Bertz CT molecular complexity index is 564. The molecule has 3 N–H and O–H groups in total. The second kappa shape index (κ2) is 5.79. The number of hydrogen-bond donors (Lipinski definition) is 2. The third-order valence-corrected chi connectivity index (χ3v) is 3.36. The highest BCUT2D eigenvalue weighted by atomic mass is 16.5. The lowest BCUT2D eigenvalue weighted by Crippen LogP contribution is -2.36. The van der Waals surface area contributed by atoms with Crippen molar-refractivity contribution in [2.45, 2.75) is 0 Å². The van der Waals surface area contributed by atoms with Crippen molar-refractivity contribution in [1.29, 1.82) is 0 Å². The molecule has 0 saturated carbocycles. The van der Waals surface area contributed by atoms with Gasteiger partial charge in [0.25, 0.3) is 0 Å². The van der Waals surface area contributed by atoms with Gasteiger partial charge in [-0.3, -0.25) is 0 Å². The van der Waals surface area contributed by atoms with E-state index in [0.29, 0.717) is 5.82 Å². The van der Waals surface area contributed by atoms with Crippen molar-refractivity contribution >= 4 is 22.9 Å². The SMILES string of the molecule is Nc1ncccc1Nc1ccc(N2CCOCC2)cc1. The smallest absolute Gasteiger partial charge is 0.147 e. The molecule has 2 heterocycles.